The maximum absolute atomic E-state index is 13.9. The summed E-state index contributed by atoms with van der Waals surface area (Å²) in [5, 5.41) is 0. The van der Waals surface area contributed by atoms with Crippen LogP contribution >= 0.6 is 0 Å². The molecule has 2 N–H and O–H groups in total. The van der Waals surface area contributed by atoms with Crippen molar-refractivity contribution in [1.82, 2.24) is 0 Å². The van der Waals surface area contributed by atoms with Crippen molar-refractivity contribution in [1.29, 1.82) is 0 Å². The van der Waals surface area contributed by atoms with E-state index in [0.29, 0.717) is 17.0 Å². The van der Waals surface area contributed by atoms with Crippen LogP contribution in [0.3, 0.4) is 0 Å². The zero-order chi connectivity index (χ0) is 14.0. The summed E-state index contributed by atoms with van der Waals surface area (Å²) < 4.78 is 37.6. The quantitative estimate of drug-likeness (QED) is 0.866. The fourth-order valence-corrected chi connectivity index (χ4v) is 1.83. The number of ether oxygens (including phenoxy) is 2. The van der Waals surface area contributed by atoms with E-state index in [9.17, 15) is 8.78 Å². The summed E-state index contributed by atoms with van der Waals surface area (Å²) in [4.78, 5) is 0. The molecule has 100 valence electrons. The molecule has 3 nitrogen and oxygen atoms in total. The minimum absolute atomic E-state index is 0.125. The van der Waals surface area contributed by atoms with E-state index in [2.05, 4.69) is 0 Å². The van der Waals surface area contributed by atoms with Gasteiger partial charge in [0.05, 0.1) is 25.5 Å². The molecule has 0 saturated heterocycles. The topological polar surface area (TPSA) is 44.5 Å². The molecule has 2 rings (SSSR count). The highest BCUT2D eigenvalue weighted by Gasteiger charge is 2.15. The number of nitrogens with two attached hydrogens (primary N) is 1. The normalized spacial score (nSPS) is 10.3. The Bertz CT molecular complexity index is 591. The maximum atomic E-state index is 13.9. The molecule has 0 fully saturated rings. The predicted octanol–water partition coefficient (Wildman–Crippen LogP) is 3.23. The second kappa shape index (κ2) is 5.14. The van der Waals surface area contributed by atoms with Crippen molar-refractivity contribution in [3.8, 4) is 22.6 Å². The van der Waals surface area contributed by atoms with E-state index in [1.807, 2.05) is 0 Å². The molecule has 0 aliphatic carbocycles. The Morgan fingerprint density at radius 1 is 0.947 bits per heavy atom. The molecule has 2 aromatic carbocycles. The second-order valence-corrected chi connectivity index (χ2v) is 3.92. The zero-order valence-corrected chi connectivity index (χ0v) is 10.5. The lowest BCUT2D eigenvalue weighted by atomic mass is 10.0. The van der Waals surface area contributed by atoms with E-state index < -0.39 is 11.6 Å². The first-order valence-electron chi connectivity index (χ1n) is 5.53. The van der Waals surface area contributed by atoms with Crippen molar-refractivity contribution in [3.63, 3.8) is 0 Å². The van der Waals surface area contributed by atoms with Crippen LogP contribution in [0.15, 0.2) is 30.3 Å². The Labute approximate surface area is 109 Å². The Morgan fingerprint density at radius 2 is 1.58 bits per heavy atom. The van der Waals surface area contributed by atoms with Crippen molar-refractivity contribution in [3.05, 3.63) is 42.0 Å². The molecule has 0 spiro atoms. The van der Waals surface area contributed by atoms with Crippen molar-refractivity contribution in [2.75, 3.05) is 20.0 Å². The van der Waals surface area contributed by atoms with Crippen molar-refractivity contribution in [2.24, 2.45) is 0 Å². The number of anilines is 1. The smallest absolute Gasteiger partial charge is 0.141 e. The highest BCUT2D eigenvalue weighted by molar-refractivity contribution is 5.72. The molecule has 0 radical (unpaired) electrons. The summed E-state index contributed by atoms with van der Waals surface area (Å²) >= 11 is 0. The van der Waals surface area contributed by atoms with Crippen LogP contribution in [0, 0.1) is 11.6 Å². The Balaban J connectivity index is 2.56. The molecule has 0 atom stereocenters. The third-order valence-corrected chi connectivity index (χ3v) is 2.77. The lowest BCUT2D eigenvalue weighted by Crippen LogP contribution is -1.96. The van der Waals surface area contributed by atoms with Crippen LogP contribution in [0.4, 0.5) is 14.5 Å². The van der Waals surface area contributed by atoms with Gasteiger partial charge in [-0.25, -0.2) is 8.78 Å². The molecule has 0 bridgehead atoms. The number of hydrogen-bond donors (Lipinski definition) is 1. The van der Waals surface area contributed by atoms with Crippen LogP contribution in [0.5, 0.6) is 11.5 Å². The summed E-state index contributed by atoms with van der Waals surface area (Å²) in [6, 6.07) is 6.82. The monoisotopic (exact) mass is 265 g/mol. The van der Waals surface area contributed by atoms with E-state index in [-0.39, 0.29) is 11.3 Å². The van der Waals surface area contributed by atoms with Gasteiger partial charge in [-0.1, -0.05) is 6.07 Å². The summed E-state index contributed by atoms with van der Waals surface area (Å²) in [5.74, 6) is -0.832. The summed E-state index contributed by atoms with van der Waals surface area (Å²) in [5.41, 5.74) is 6.25. The summed E-state index contributed by atoms with van der Waals surface area (Å²) in [7, 11) is 2.82. The van der Waals surface area contributed by atoms with Crippen molar-refractivity contribution < 1.29 is 18.3 Å². The second-order valence-electron chi connectivity index (χ2n) is 3.92. The van der Waals surface area contributed by atoms with Gasteiger partial charge in [-0.2, -0.15) is 0 Å². The molecule has 0 aliphatic rings. The minimum atomic E-state index is -0.707. The fourth-order valence-electron chi connectivity index (χ4n) is 1.83. The van der Waals surface area contributed by atoms with Crippen LogP contribution in [0.25, 0.3) is 11.1 Å². The van der Waals surface area contributed by atoms with Crippen LogP contribution in [-0.2, 0) is 0 Å². The molecule has 0 heterocycles. The molecule has 0 aromatic heterocycles. The number of benzene rings is 2. The average Bonchev–Trinajstić information content (AvgIpc) is 2.38. The molecular weight excluding hydrogens is 252 g/mol. The van der Waals surface area contributed by atoms with Crippen molar-refractivity contribution >= 4 is 5.69 Å². The van der Waals surface area contributed by atoms with E-state index in [0.717, 1.165) is 12.1 Å². The molecule has 2 aromatic rings. The Hall–Kier alpha value is -2.30. The number of methoxy groups -OCH3 is 2. The third kappa shape index (κ3) is 2.45. The van der Waals surface area contributed by atoms with Crippen molar-refractivity contribution in [2.45, 2.75) is 0 Å². The van der Waals surface area contributed by atoms with Gasteiger partial charge in [0, 0.05) is 12.1 Å². The van der Waals surface area contributed by atoms with Gasteiger partial charge in [-0.05, 0) is 17.7 Å². The van der Waals surface area contributed by atoms with Gasteiger partial charge in [-0.3, -0.25) is 0 Å². The van der Waals surface area contributed by atoms with Crippen LogP contribution < -0.4 is 15.2 Å². The number of hydrogen-bond acceptors (Lipinski definition) is 3. The average molecular weight is 265 g/mol. The number of rotatable bonds is 3. The van der Waals surface area contributed by atoms with E-state index in [1.165, 1.54) is 20.3 Å². The first-order valence-corrected chi connectivity index (χ1v) is 5.53. The maximum Gasteiger partial charge on any atom is 0.141 e. The van der Waals surface area contributed by atoms with Gasteiger partial charge >= 0.3 is 0 Å². The standard InChI is InChI=1S/C14H13F2NO2/c1-18-9-6-10(15)14(11(16)7-9)8-3-4-13(19-2)12(17)5-8/h3-7H,17H2,1-2H3. The van der Waals surface area contributed by atoms with E-state index in [1.54, 1.807) is 12.1 Å². The van der Waals surface area contributed by atoms with Gasteiger partial charge in [0.25, 0.3) is 0 Å². The molecule has 0 saturated carbocycles. The summed E-state index contributed by atoms with van der Waals surface area (Å²) in [6.45, 7) is 0. The third-order valence-electron chi connectivity index (χ3n) is 2.77. The molecule has 5 heteroatoms. The van der Waals surface area contributed by atoms with Gasteiger partial charge in [-0.15, -0.1) is 0 Å². The SMILES string of the molecule is COc1cc(F)c(-c2ccc(OC)c(N)c2)c(F)c1. The van der Waals surface area contributed by atoms with E-state index in [4.69, 9.17) is 15.2 Å². The molecule has 0 amide bonds. The van der Waals surface area contributed by atoms with E-state index >= 15 is 0 Å². The fraction of sp³-hybridized carbons (Fsp3) is 0.143. The zero-order valence-electron chi connectivity index (χ0n) is 10.5. The predicted molar refractivity (Wildman–Crippen MR) is 69.3 cm³/mol. The molecule has 0 unspecified atom stereocenters. The lowest BCUT2D eigenvalue weighted by molar-refractivity contribution is 0.407. The molecule has 19 heavy (non-hydrogen) atoms. The first-order chi connectivity index (χ1) is 9.06. The van der Waals surface area contributed by atoms with Crippen LogP contribution in [0.2, 0.25) is 0 Å². The highest BCUT2D eigenvalue weighted by Crippen LogP contribution is 2.33. The highest BCUT2D eigenvalue weighted by atomic mass is 19.1. The number of nitrogen functional groups attached to an aromatic ring is 1. The lowest BCUT2D eigenvalue weighted by Gasteiger charge is -2.10. The van der Waals surface area contributed by atoms with Crippen LogP contribution in [0.1, 0.15) is 0 Å². The Morgan fingerprint density at radius 3 is 2.05 bits per heavy atom. The summed E-state index contributed by atoms with van der Waals surface area (Å²) in [6.07, 6.45) is 0. The Kier molecular flexibility index (Phi) is 3.55. The molecule has 0 aliphatic heterocycles. The van der Waals surface area contributed by atoms with Gasteiger partial charge < -0.3 is 15.2 Å². The van der Waals surface area contributed by atoms with Gasteiger partial charge in [0.2, 0.25) is 0 Å². The minimum Gasteiger partial charge on any atom is -0.497 e. The largest absolute Gasteiger partial charge is 0.497 e. The first kappa shape index (κ1) is 13.1. The number of halogens is 2. The molecular formula is C14H13F2NO2. The van der Waals surface area contributed by atoms with Gasteiger partial charge in [0.1, 0.15) is 23.1 Å². The van der Waals surface area contributed by atoms with Gasteiger partial charge in [0.15, 0.2) is 0 Å². The van der Waals surface area contributed by atoms with Crippen LogP contribution in [-0.4, -0.2) is 14.2 Å².